The quantitative estimate of drug-likeness (QED) is 0.904. The van der Waals surface area contributed by atoms with Gasteiger partial charge in [0.1, 0.15) is 0 Å². The molecule has 1 aliphatic rings. The Bertz CT molecular complexity index is 499. The predicted octanol–water partition coefficient (Wildman–Crippen LogP) is 2.37. The van der Waals surface area contributed by atoms with E-state index in [0.29, 0.717) is 18.9 Å². The zero-order valence-corrected chi connectivity index (χ0v) is 13.0. The molecular formula is C17H24N2O2. The summed E-state index contributed by atoms with van der Waals surface area (Å²) < 4.78 is 0. The summed E-state index contributed by atoms with van der Waals surface area (Å²) in [5.74, 6) is 0.287. The van der Waals surface area contributed by atoms with Crippen molar-refractivity contribution in [2.75, 3.05) is 13.6 Å². The molecule has 0 radical (unpaired) electrons. The number of amides is 2. The minimum atomic E-state index is -0.294. The maximum Gasteiger partial charge on any atom is 0.226 e. The van der Waals surface area contributed by atoms with E-state index in [1.165, 1.54) is 0 Å². The van der Waals surface area contributed by atoms with Gasteiger partial charge in [-0.05, 0) is 17.9 Å². The van der Waals surface area contributed by atoms with Crippen molar-refractivity contribution in [1.29, 1.82) is 0 Å². The van der Waals surface area contributed by atoms with Crippen LogP contribution in [0.2, 0.25) is 0 Å². The van der Waals surface area contributed by atoms with Gasteiger partial charge < -0.3 is 10.2 Å². The van der Waals surface area contributed by atoms with Crippen LogP contribution >= 0.6 is 0 Å². The lowest BCUT2D eigenvalue weighted by Gasteiger charge is -2.25. The van der Waals surface area contributed by atoms with E-state index in [2.05, 4.69) is 19.2 Å². The highest BCUT2D eigenvalue weighted by Gasteiger charge is 2.42. The van der Waals surface area contributed by atoms with Crippen molar-refractivity contribution in [2.24, 2.45) is 11.8 Å². The predicted molar refractivity (Wildman–Crippen MR) is 82.5 cm³/mol. The Morgan fingerprint density at radius 2 is 2.00 bits per heavy atom. The summed E-state index contributed by atoms with van der Waals surface area (Å²) in [6, 6.07) is 9.64. The van der Waals surface area contributed by atoms with Crippen LogP contribution in [0.3, 0.4) is 0 Å². The molecule has 0 unspecified atom stereocenters. The normalized spacial score (nSPS) is 21.9. The third kappa shape index (κ3) is 3.63. The fraction of sp³-hybridized carbons (Fsp3) is 0.529. The Morgan fingerprint density at radius 1 is 1.33 bits per heavy atom. The second-order valence-electron chi connectivity index (χ2n) is 6.14. The van der Waals surface area contributed by atoms with E-state index in [9.17, 15) is 9.59 Å². The van der Waals surface area contributed by atoms with Gasteiger partial charge >= 0.3 is 0 Å². The first-order valence-corrected chi connectivity index (χ1v) is 7.59. The van der Waals surface area contributed by atoms with Gasteiger partial charge in [-0.1, -0.05) is 44.2 Å². The Morgan fingerprint density at radius 3 is 2.62 bits per heavy atom. The molecule has 1 saturated heterocycles. The van der Waals surface area contributed by atoms with Crippen molar-refractivity contribution in [3.63, 3.8) is 0 Å². The topological polar surface area (TPSA) is 49.4 Å². The van der Waals surface area contributed by atoms with E-state index in [1.54, 1.807) is 11.9 Å². The van der Waals surface area contributed by atoms with Crippen molar-refractivity contribution >= 4 is 11.8 Å². The number of nitrogens with zero attached hydrogens (tertiary/aromatic N) is 1. The summed E-state index contributed by atoms with van der Waals surface area (Å²) in [5, 5.41) is 2.98. The summed E-state index contributed by atoms with van der Waals surface area (Å²) in [7, 11) is 1.78. The Labute approximate surface area is 126 Å². The highest BCUT2D eigenvalue weighted by molar-refractivity contribution is 5.90. The molecule has 1 N–H and O–H groups in total. The number of benzene rings is 1. The molecule has 2 rings (SSSR count). The van der Waals surface area contributed by atoms with Crippen LogP contribution in [0.5, 0.6) is 0 Å². The van der Waals surface area contributed by atoms with E-state index >= 15 is 0 Å². The Balaban J connectivity index is 2.09. The molecular weight excluding hydrogens is 264 g/mol. The Kier molecular flexibility index (Phi) is 4.99. The summed E-state index contributed by atoms with van der Waals surface area (Å²) >= 11 is 0. The van der Waals surface area contributed by atoms with Crippen LogP contribution in [0.25, 0.3) is 0 Å². The molecule has 1 aromatic carbocycles. The number of rotatable bonds is 5. The summed E-state index contributed by atoms with van der Waals surface area (Å²) in [5.41, 5.74) is 1.02. The fourth-order valence-electron chi connectivity index (χ4n) is 2.83. The van der Waals surface area contributed by atoms with Crippen LogP contribution in [0, 0.1) is 11.8 Å². The van der Waals surface area contributed by atoms with Crippen LogP contribution in [0.1, 0.15) is 38.3 Å². The van der Waals surface area contributed by atoms with Crippen LogP contribution in [0.15, 0.2) is 30.3 Å². The molecule has 0 bridgehead atoms. The lowest BCUT2D eigenvalue weighted by molar-refractivity contribution is -0.128. The second-order valence-corrected chi connectivity index (χ2v) is 6.14. The molecule has 0 aliphatic carbocycles. The van der Waals surface area contributed by atoms with Gasteiger partial charge in [0.05, 0.1) is 12.0 Å². The summed E-state index contributed by atoms with van der Waals surface area (Å²) in [4.78, 5) is 26.1. The molecule has 2 amide bonds. The van der Waals surface area contributed by atoms with Gasteiger partial charge in [0.15, 0.2) is 0 Å². The first-order valence-electron chi connectivity index (χ1n) is 7.59. The average molecular weight is 288 g/mol. The fourth-order valence-corrected chi connectivity index (χ4v) is 2.83. The first kappa shape index (κ1) is 15.5. The van der Waals surface area contributed by atoms with Crippen molar-refractivity contribution < 1.29 is 9.59 Å². The zero-order chi connectivity index (χ0) is 15.4. The first-order chi connectivity index (χ1) is 10.0. The molecule has 1 aliphatic heterocycles. The van der Waals surface area contributed by atoms with E-state index in [1.807, 2.05) is 30.3 Å². The molecule has 0 saturated carbocycles. The molecule has 1 fully saturated rings. The third-order valence-corrected chi connectivity index (χ3v) is 4.09. The SMILES string of the molecule is CC(C)CCNC(=O)[C@@H]1CC(=O)N(C)[C@@H]1c1ccccc1. The maximum absolute atomic E-state index is 12.4. The van der Waals surface area contributed by atoms with Gasteiger partial charge in [0.2, 0.25) is 11.8 Å². The highest BCUT2D eigenvalue weighted by atomic mass is 16.2. The lowest BCUT2D eigenvalue weighted by atomic mass is 9.93. The highest BCUT2D eigenvalue weighted by Crippen LogP contribution is 2.36. The lowest BCUT2D eigenvalue weighted by Crippen LogP contribution is -2.35. The van der Waals surface area contributed by atoms with Gasteiger partial charge in [0.25, 0.3) is 0 Å². The monoisotopic (exact) mass is 288 g/mol. The Hall–Kier alpha value is -1.84. The molecule has 0 aromatic heterocycles. The number of nitrogens with one attached hydrogen (secondary N) is 1. The summed E-state index contributed by atoms with van der Waals surface area (Å²) in [6.07, 6.45) is 1.25. The molecule has 4 nitrogen and oxygen atoms in total. The summed E-state index contributed by atoms with van der Waals surface area (Å²) in [6.45, 7) is 4.93. The molecule has 0 spiro atoms. The zero-order valence-electron chi connectivity index (χ0n) is 13.0. The molecule has 1 heterocycles. The standard InChI is InChI=1S/C17H24N2O2/c1-12(2)9-10-18-17(21)14-11-15(20)19(3)16(14)13-7-5-4-6-8-13/h4-8,12,14,16H,9-11H2,1-3H3,(H,18,21)/t14-,16-/m1/s1. The molecule has 21 heavy (non-hydrogen) atoms. The molecule has 2 atom stereocenters. The van der Waals surface area contributed by atoms with E-state index in [0.717, 1.165) is 12.0 Å². The minimum Gasteiger partial charge on any atom is -0.356 e. The van der Waals surface area contributed by atoms with Crippen molar-refractivity contribution in [2.45, 2.75) is 32.7 Å². The maximum atomic E-state index is 12.4. The number of likely N-dealkylation sites (tertiary alicyclic amines) is 1. The van der Waals surface area contributed by atoms with Gasteiger partial charge in [0, 0.05) is 20.0 Å². The molecule has 1 aromatic rings. The van der Waals surface area contributed by atoms with Gasteiger partial charge in [-0.25, -0.2) is 0 Å². The van der Waals surface area contributed by atoms with Crippen LogP contribution in [-0.2, 0) is 9.59 Å². The minimum absolute atomic E-state index is 0.0118. The van der Waals surface area contributed by atoms with E-state index in [-0.39, 0.29) is 23.8 Å². The number of hydrogen-bond acceptors (Lipinski definition) is 2. The number of carbonyl (C=O) groups excluding carboxylic acids is 2. The van der Waals surface area contributed by atoms with E-state index in [4.69, 9.17) is 0 Å². The van der Waals surface area contributed by atoms with E-state index < -0.39 is 0 Å². The number of hydrogen-bond donors (Lipinski definition) is 1. The average Bonchev–Trinajstić information content (AvgIpc) is 2.75. The largest absolute Gasteiger partial charge is 0.356 e. The van der Waals surface area contributed by atoms with Crippen molar-refractivity contribution in [3.8, 4) is 0 Å². The van der Waals surface area contributed by atoms with Crippen LogP contribution in [-0.4, -0.2) is 30.3 Å². The third-order valence-electron chi connectivity index (χ3n) is 4.09. The van der Waals surface area contributed by atoms with Crippen molar-refractivity contribution in [1.82, 2.24) is 10.2 Å². The van der Waals surface area contributed by atoms with Crippen LogP contribution in [0.4, 0.5) is 0 Å². The van der Waals surface area contributed by atoms with Crippen LogP contribution < -0.4 is 5.32 Å². The number of carbonyl (C=O) groups is 2. The van der Waals surface area contributed by atoms with Gasteiger partial charge in [-0.3, -0.25) is 9.59 Å². The van der Waals surface area contributed by atoms with Gasteiger partial charge in [-0.15, -0.1) is 0 Å². The molecule has 4 heteroatoms. The molecule has 114 valence electrons. The van der Waals surface area contributed by atoms with Crippen molar-refractivity contribution in [3.05, 3.63) is 35.9 Å². The van der Waals surface area contributed by atoms with Gasteiger partial charge in [-0.2, -0.15) is 0 Å². The smallest absolute Gasteiger partial charge is 0.226 e. The second kappa shape index (κ2) is 6.74.